The molecule has 10 nitrogen and oxygen atoms in total. The van der Waals surface area contributed by atoms with Crippen molar-refractivity contribution in [1.29, 1.82) is 5.41 Å². The molecular weight excluding hydrogens is 490 g/mol. The molecule has 2 aromatic carbocycles. The minimum atomic E-state index is -0.682. The minimum absolute atomic E-state index is 0.0181. The molecule has 0 fully saturated rings. The van der Waals surface area contributed by atoms with E-state index in [9.17, 15) is 19.2 Å². The maximum absolute atomic E-state index is 13.0. The van der Waals surface area contributed by atoms with Crippen LogP contribution in [0.1, 0.15) is 35.3 Å². The molecule has 0 saturated carbocycles. The van der Waals surface area contributed by atoms with Gasteiger partial charge in [-0.3, -0.25) is 15.0 Å². The first-order chi connectivity index (χ1) is 18.1. The third-order valence-electron chi connectivity index (χ3n) is 4.84. The van der Waals surface area contributed by atoms with Gasteiger partial charge in [0.15, 0.2) is 0 Å². The maximum atomic E-state index is 13.0. The van der Waals surface area contributed by atoms with Gasteiger partial charge >= 0.3 is 17.9 Å². The van der Waals surface area contributed by atoms with E-state index in [0.717, 1.165) is 17.2 Å². The van der Waals surface area contributed by atoms with Crippen LogP contribution < -0.4 is 10.5 Å². The van der Waals surface area contributed by atoms with Gasteiger partial charge in [-0.25, -0.2) is 9.59 Å². The molecule has 0 aliphatic heterocycles. The first-order valence-corrected chi connectivity index (χ1v) is 11.5. The molecule has 0 unspecified atom stereocenters. The van der Waals surface area contributed by atoms with Crippen LogP contribution in [0.3, 0.4) is 0 Å². The Labute approximate surface area is 220 Å². The van der Waals surface area contributed by atoms with Crippen LogP contribution in [0.5, 0.6) is 5.75 Å². The molecule has 3 N–H and O–H groups in total. The van der Waals surface area contributed by atoms with Gasteiger partial charge in [-0.2, -0.15) is 0 Å². The topological polar surface area (TPSA) is 149 Å². The fraction of sp³-hybridized carbons (Fsp3) is 0.179. The number of nitrogens with zero attached hydrogens (tertiary/aromatic N) is 1. The summed E-state index contributed by atoms with van der Waals surface area (Å²) in [6, 6.07) is 12.6. The van der Waals surface area contributed by atoms with Gasteiger partial charge < -0.3 is 24.8 Å². The molecule has 0 atom stereocenters. The summed E-state index contributed by atoms with van der Waals surface area (Å²) >= 11 is 0. The zero-order valence-electron chi connectivity index (χ0n) is 21.1. The number of carbonyl (C=O) groups is 4. The van der Waals surface area contributed by atoms with E-state index in [1.807, 2.05) is 0 Å². The van der Waals surface area contributed by atoms with Crippen LogP contribution in [-0.4, -0.2) is 54.3 Å². The maximum Gasteiger partial charge on any atom is 0.343 e. The molecular formula is C28H29N3O7. The third-order valence-corrected chi connectivity index (χ3v) is 4.84. The Morgan fingerprint density at radius 3 is 2.21 bits per heavy atom. The van der Waals surface area contributed by atoms with Crippen molar-refractivity contribution in [2.45, 2.75) is 13.8 Å². The van der Waals surface area contributed by atoms with Gasteiger partial charge in [-0.1, -0.05) is 24.8 Å². The van der Waals surface area contributed by atoms with Gasteiger partial charge in [0.2, 0.25) is 0 Å². The van der Waals surface area contributed by atoms with Crippen molar-refractivity contribution in [2.75, 3.05) is 19.8 Å². The third kappa shape index (κ3) is 9.23. The van der Waals surface area contributed by atoms with Crippen LogP contribution in [0.25, 0.3) is 6.08 Å². The van der Waals surface area contributed by atoms with Crippen molar-refractivity contribution in [3.8, 4) is 5.75 Å². The number of ether oxygens (including phenoxy) is 3. The first kappa shape index (κ1) is 29.2. The number of nitrogens with one attached hydrogen (secondary N) is 1. The van der Waals surface area contributed by atoms with Crippen LogP contribution in [0.15, 0.2) is 79.0 Å². The molecule has 0 heterocycles. The van der Waals surface area contributed by atoms with Crippen LogP contribution >= 0.6 is 0 Å². The molecule has 0 radical (unpaired) electrons. The quantitative estimate of drug-likeness (QED) is 0.108. The summed E-state index contributed by atoms with van der Waals surface area (Å²) in [5.41, 5.74) is 7.08. The van der Waals surface area contributed by atoms with Gasteiger partial charge in [-0.05, 0) is 61.9 Å². The number of hydrogen-bond donors (Lipinski definition) is 2. The van der Waals surface area contributed by atoms with E-state index in [4.69, 9.17) is 25.4 Å². The lowest BCUT2D eigenvalue weighted by molar-refractivity contribution is -0.146. The monoisotopic (exact) mass is 519 g/mol. The largest absolute Gasteiger partial charge is 0.463 e. The fourth-order valence-corrected chi connectivity index (χ4v) is 2.99. The number of benzene rings is 2. The zero-order valence-corrected chi connectivity index (χ0v) is 21.1. The molecule has 38 heavy (non-hydrogen) atoms. The molecule has 10 heteroatoms. The van der Waals surface area contributed by atoms with Gasteiger partial charge in [-0.15, -0.1) is 0 Å². The van der Waals surface area contributed by atoms with Crippen LogP contribution in [0, 0.1) is 5.41 Å². The second-order valence-electron chi connectivity index (χ2n) is 7.75. The lowest BCUT2D eigenvalue weighted by Crippen LogP contribution is -2.33. The molecule has 0 aromatic heterocycles. The second kappa shape index (κ2) is 14.5. The van der Waals surface area contributed by atoms with Crippen molar-refractivity contribution < 1.29 is 33.4 Å². The summed E-state index contributed by atoms with van der Waals surface area (Å²) in [7, 11) is 0. The van der Waals surface area contributed by atoms with E-state index < -0.39 is 30.4 Å². The van der Waals surface area contributed by atoms with Crippen LogP contribution in [0.4, 0.5) is 0 Å². The number of esters is 3. The van der Waals surface area contributed by atoms with Crippen molar-refractivity contribution >= 4 is 35.7 Å². The van der Waals surface area contributed by atoms with E-state index in [2.05, 4.69) is 6.58 Å². The van der Waals surface area contributed by atoms with E-state index in [1.54, 1.807) is 56.3 Å². The minimum Gasteiger partial charge on any atom is -0.463 e. The molecule has 0 bridgehead atoms. The highest BCUT2D eigenvalue weighted by Gasteiger charge is 2.18. The Balaban J connectivity index is 2.13. The van der Waals surface area contributed by atoms with Crippen molar-refractivity contribution in [3.05, 3.63) is 95.7 Å². The fourth-order valence-electron chi connectivity index (χ4n) is 2.99. The number of rotatable bonds is 12. The standard InChI is InChI=1S/C28H29N3O7/c1-4-16-37-25(33)18-31(15-14-24(32)36-5-2)27(34)19(3)17-20-6-8-22(9-7-20)28(35)38-23-12-10-21(11-13-23)26(29)30/h4,6-15,17H,1,5,16,18H2,2-3H3,(H3,29,30). The summed E-state index contributed by atoms with van der Waals surface area (Å²) < 4.78 is 15.1. The predicted molar refractivity (Wildman–Crippen MR) is 141 cm³/mol. The highest BCUT2D eigenvalue weighted by atomic mass is 16.5. The van der Waals surface area contributed by atoms with Crippen molar-refractivity contribution in [1.82, 2.24) is 4.90 Å². The average Bonchev–Trinajstić information content (AvgIpc) is 2.90. The Kier molecular flexibility index (Phi) is 11.2. The SMILES string of the molecule is C=CCOC(=O)CN(C=CC(=O)OCC)C(=O)C(C)=Cc1ccc(C(=O)Oc2ccc(C(=N)N)cc2)cc1. The molecule has 0 aliphatic rings. The first-order valence-electron chi connectivity index (χ1n) is 11.5. The molecule has 2 aromatic rings. The Hall–Kier alpha value is -4.99. The number of nitrogens with two attached hydrogens (primary N) is 1. The summed E-state index contributed by atoms with van der Waals surface area (Å²) in [5.74, 6) is -2.27. The Morgan fingerprint density at radius 2 is 1.63 bits per heavy atom. The molecule has 2 rings (SSSR count). The van der Waals surface area contributed by atoms with Gasteiger partial charge in [0.05, 0.1) is 12.2 Å². The number of hydrogen-bond acceptors (Lipinski definition) is 8. The Bertz CT molecular complexity index is 1250. The van der Waals surface area contributed by atoms with Gasteiger partial charge in [0.25, 0.3) is 5.91 Å². The van der Waals surface area contributed by atoms with Gasteiger partial charge in [0, 0.05) is 23.4 Å². The summed E-state index contributed by atoms with van der Waals surface area (Å²) in [6.45, 7) is 6.38. The predicted octanol–water partition coefficient (Wildman–Crippen LogP) is 3.23. The molecule has 0 saturated heterocycles. The highest BCUT2D eigenvalue weighted by molar-refractivity contribution is 6.00. The van der Waals surface area contributed by atoms with E-state index in [-0.39, 0.29) is 30.2 Å². The lowest BCUT2D eigenvalue weighted by Gasteiger charge is -2.18. The summed E-state index contributed by atoms with van der Waals surface area (Å²) in [5, 5.41) is 7.40. The smallest absolute Gasteiger partial charge is 0.343 e. The number of amidine groups is 1. The lowest BCUT2D eigenvalue weighted by atomic mass is 10.1. The summed E-state index contributed by atoms with van der Waals surface area (Å²) in [4.78, 5) is 50.2. The molecule has 198 valence electrons. The van der Waals surface area contributed by atoms with Gasteiger partial charge in [0.1, 0.15) is 24.7 Å². The Morgan fingerprint density at radius 1 is 1.00 bits per heavy atom. The number of amides is 1. The van der Waals surface area contributed by atoms with E-state index in [1.165, 1.54) is 18.2 Å². The molecule has 0 spiro atoms. The number of nitrogen functional groups attached to an aromatic ring is 1. The normalized spacial score (nSPS) is 10.9. The van der Waals surface area contributed by atoms with Crippen LogP contribution in [0.2, 0.25) is 0 Å². The molecule has 1 amide bonds. The van der Waals surface area contributed by atoms with Crippen molar-refractivity contribution in [2.24, 2.45) is 5.73 Å². The van der Waals surface area contributed by atoms with Crippen molar-refractivity contribution in [3.63, 3.8) is 0 Å². The second-order valence-corrected chi connectivity index (χ2v) is 7.75. The van der Waals surface area contributed by atoms with Crippen LogP contribution in [-0.2, 0) is 23.9 Å². The van der Waals surface area contributed by atoms with E-state index in [0.29, 0.717) is 16.9 Å². The average molecular weight is 520 g/mol. The number of carbonyl (C=O) groups excluding carboxylic acids is 4. The van der Waals surface area contributed by atoms with E-state index >= 15 is 0 Å². The molecule has 0 aliphatic carbocycles. The summed E-state index contributed by atoms with van der Waals surface area (Å²) in [6.07, 6.45) is 5.17. The zero-order chi connectivity index (χ0) is 28.1. The highest BCUT2D eigenvalue weighted by Crippen LogP contribution is 2.16.